The minimum Gasteiger partial charge on any atom is -0.478 e. The molecule has 0 unspecified atom stereocenters. The Hall–Kier alpha value is -1.77. The number of anilines is 1. The first-order valence-corrected chi connectivity index (χ1v) is 11.9. The number of carbonyl (C=O) groups is 1. The highest BCUT2D eigenvalue weighted by molar-refractivity contribution is 5.92. The van der Waals surface area contributed by atoms with Crippen LogP contribution in [0.2, 0.25) is 0 Å². The summed E-state index contributed by atoms with van der Waals surface area (Å²) in [5.74, 6) is -0.878. The number of rotatable bonds is 18. The third-order valence-corrected chi connectivity index (χ3v) is 5.49. The predicted molar refractivity (Wildman–Crippen MR) is 127 cm³/mol. The minimum absolute atomic E-state index is 0.352. The molecular formula is C26H43NO2. The first kappa shape index (κ1) is 25.3. The maximum Gasteiger partial charge on any atom is 0.336 e. The zero-order valence-electron chi connectivity index (χ0n) is 18.8. The Morgan fingerprint density at radius 3 is 1.86 bits per heavy atom. The maximum absolute atomic E-state index is 11.3. The lowest BCUT2D eigenvalue weighted by Gasteiger charge is -2.09. The average molecular weight is 402 g/mol. The van der Waals surface area contributed by atoms with Crippen LogP contribution in [0.25, 0.3) is 6.08 Å². The van der Waals surface area contributed by atoms with Gasteiger partial charge in [0.2, 0.25) is 0 Å². The van der Waals surface area contributed by atoms with E-state index in [0.29, 0.717) is 5.56 Å². The smallest absolute Gasteiger partial charge is 0.336 e. The molecular weight excluding hydrogens is 358 g/mol. The number of carboxylic acids is 1. The van der Waals surface area contributed by atoms with Gasteiger partial charge in [0.05, 0.1) is 5.56 Å². The van der Waals surface area contributed by atoms with E-state index in [1.807, 2.05) is 31.2 Å². The Balaban J connectivity index is 2.01. The average Bonchev–Trinajstić information content (AvgIpc) is 2.71. The molecule has 0 aliphatic heterocycles. The van der Waals surface area contributed by atoms with E-state index >= 15 is 0 Å². The fourth-order valence-electron chi connectivity index (χ4n) is 3.74. The van der Waals surface area contributed by atoms with Gasteiger partial charge in [-0.3, -0.25) is 0 Å². The van der Waals surface area contributed by atoms with Crippen LogP contribution in [0.15, 0.2) is 24.3 Å². The molecule has 0 spiro atoms. The standard InChI is InChI=1S/C26H43NO2/c1-3-5-6-7-8-9-10-11-12-13-14-15-16-17-21-27-24-19-20-25(26(28)29)23(22-24)18-4-2/h4,18-20,22,27H,3,5-17,21H2,1-2H3,(H,28,29). The molecule has 2 N–H and O–H groups in total. The molecule has 0 atom stereocenters. The van der Waals surface area contributed by atoms with Gasteiger partial charge in [-0.25, -0.2) is 4.79 Å². The molecule has 3 nitrogen and oxygen atoms in total. The van der Waals surface area contributed by atoms with E-state index in [2.05, 4.69) is 12.2 Å². The second-order valence-corrected chi connectivity index (χ2v) is 8.13. The fraction of sp³-hybridized carbons (Fsp3) is 0.654. The predicted octanol–water partition coefficient (Wildman–Crippen LogP) is 8.31. The van der Waals surface area contributed by atoms with Crippen molar-refractivity contribution in [3.05, 3.63) is 35.4 Å². The van der Waals surface area contributed by atoms with E-state index in [-0.39, 0.29) is 0 Å². The van der Waals surface area contributed by atoms with Crippen LogP contribution in [-0.4, -0.2) is 17.6 Å². The molecule has 0 amide bonds. The lowest BCUT2D eigenvalue weighted by molar-refractivity contribution is 0.0696. The van der Waals surface area contributed by atoms with Crippen LogP contribution >= 0.6 is 0 Å². The zero-order chi connectivity index (χ0) is 21.2. The van der Waals surface area contributed by atoms with Crippen molar-refractivity contribution >= 4 is 17.7 Å². The monoisotopic (exact) mass is 401 g/mol. The molecule has 0 heterocycles. The summed E-state index contributed by atoms with van der Waals surface area (Å²) in [6, 6.07) is 5.47. The fourth-order valence-corrected chi connectivity index (χ4v) is 3.74. The first-order chi connectivity index (χ1) is 14.2. The highest BCUT2D eigenvalue weighted by Gasteiger charge is 2.08. The van der Waals surface area contributed by atoms with Crippen LogP contribution in [0.4, 0.5) is 5.69 Å². The summed E-state index contributed by atoms with van der Waals surface area (Å²) in [6.07, 6.45) is 22.9. The summed E-state index contributed by atoms with van der Waals surface area (Å²) in [6.45, 7) is 5.12. The van der Waals surface area contributed by atoms with Crippen molar-refractivity contribution in [2.24, 2.45) is 0 Å². The Labute approximate surface area is 179 Å². The highest BCUT2D eigenvalue weighted by atomic mass is 16.4. The third kappa shape index (κ3) is 12.4. The molecule has 164 valence electrons. The zero-order valence-corrected chi connectivity index (χ0v) is 18.8. The topological polar surface area (TPSA) is 49.3 Å². The van der Waals surface area contributed by atoms with Crippen molar-refractivity contribution in [3.63, 3.8) is 0 Å². The minimum atomic E-state index is -0.878. The van der Waals surface area contributed by atoms with Gasteiger partial charge < -0.3 is 10.4 Å². The number of hydrogen-bond acceptors (Lipinski definition) is 2. The highest BCUT2D eigenvalue weighted by Crippen LogP contribution is 2.18. The van der Waals surface area contributed by atoms with E-state index in [4.69, 9.17) is 0 Å². The van der Waals surface area contributed by atoms with Crippen molar-refractivity contribution in [3.8, 4) is 0 Å². The SMILES string of the molecule is CC=Cc1cc(NCCCCCCCCCCCCCCCC)ccc1C(=O)O. The maximum atomic E-state index is 11.3. The number of aromatic carboxylic acids is 1. The quantitative estimate of drug-likeness (QED) is 0.243. The molecule has 0 aromatic heterocycles. The summed E-state index contributed by atoms with van der Waals surface area (Å²) in [4.78, 5) is 11.3. The number of carboxylic acid groups (broad SMARTS) is 1. The van der Waals surface area contributed by atoms with Gasteiger partial charge in [-0.1, -0.05) is 103 Å². The summed E-state index contributed by atoms with van der Waals surface area (Å²) in [5, 5.41) is 12.7. The van der Waals surface area contributed by atoms with Crippen molar-refractivity contribution < 1.29 is 9.90 Å². The molecule has 0 fully saturated rings. The van der Waals surface area contributed by atoms with E-state index in [1.165, 1.54) is 83.5 Å². The second-order valence-electron chi connectivity index (χ2n) is 8.13. The van der Waals surface area contributed by atoms with E-state index in [9.17, 15) is 9.90 Å². The molecule has 0 aliphatic rings. The first-order valence-electron chi connectivity index (χ1n) is 11.9. The molecule has 1 aromatic rings. The lowest BCUT2D eigenvalue weighted by Crippen LogP contribution is -2.04. The van der Waals surface area contributed by atoms with Gasteiger partial charge in [0.25, 0.3) is 0 Å². The van der Waals surface area contributed by atoms with Crippen molar-refractivity contribution in [1.82, 2.24) is 0 Å². The Bertz CT molecular complexity index is 580. The third-order valence-electron chi connectivity index (χ3n) is 5.49. The van der Waals surface area contributed by atoms with Crippen LogP contribution in [0, 0.1) is 0 Å². The molecule has 0 aliphatic carbocycles. The number of benzene rings is 1. The Morgan fingerprint density at radius 2 is 1.38 bits per heavy atom. The number of hydrogen-bond donors (Lipinski definition) is 2. The number of nitrogens with one attached hydrogen (secondary N) is 1. The van der Waals surface area contributed by atoms with Gasteiger partial charge in [-0.15, -0.1) is 0 Å². The molecule has 0 saturated heterocycles. The molecule has 29 heavy (non-hydrogen) atoms. The van der Waals surface area contributed by atoms with Gasteiger partial charge in [0, 0.05) is 12.2 Å². The summed E-state index contributed by atoms with van der Waals surface area (Å²) in [7, 11) is 0. The molecule has 0 radical (unpaired) electrons. The molecule has 0 saturated carbocycles. The summed E-state index contributed by atoms with van der Waals surface area (Å²) in [5.41, 5.74) is 2.11. The Kier molecular flexibility index (Phi) is 14.9. The largest absolute Gasteiger partial charge is 0.478 e. The van der Waals surface area contributed by atoms with Crippen LogP contribution < -0.4 is 5.32 Å². The van der Waals surface area contributed by atoms with Crippen molar-refractivity contribution in [2.75, 3.05) is 11.9 Å². The number of unbranched alkanes of at least 4 members (excludes halogenated alkanes) is 13. The molecule has 3 heteroatoms. The van der Waals surface area contributed by atoms with Crippen LogP contribution in [-0.2, 0) is 0 Å². The van der Waals surface area contributed by atoms with Crippen LogP contribution in [0.1, 0.15) is 120 Å². The molecule has 0 bridgehead atoms. The van der Waals surface area contributed by atoms with Gasteiger partial charge in [0.1, 0.15) is 0 Å². The van der Waals surface area contributed by atoms with Crippen LogP contribution in [0.3, 0.4) is 0 Å². The van der Waals surface area contributed by atoms with Gasteiger partial charge in [0.15, 0.2) is 0 Å². The van der Waals surface area contributed by atoms with Gasteiger partial charge in [-0.05, 0) is 37.1 Å². The van der Waals surface area contributed by atoms with E-state index < -0.39 is 5.97 Å². The second kappa shape index (κ2) is 17.1. The van der Waals surface area contributed by atoms with E-state index in [0.717, 1.165) is 24.2 Å². The molecule has 1 rings (SSSR count). The summed E-state index contributed by atoms with van der Waals surface area (Å²) >= 11 is 0. The number of allylic oxidation sites excluding steroid dienone is 1. The van der Waals surface area contributed by atoms with Gasteiger partial charge in [-0.2, -0.15) is 0 Å². The van der Waals surface area contributed by atoms with Gasteiger partial charge >= 0.3 is 5.97 Å². The normalized spacial score (nSPS) is 11.2. The van der Waals surface area contributed by atoms with Crippen molar-refractivity contribution in [2.45, 2.75) is 104 Å². The Morgan fingerprint density at radius 1 is 0.862 bits per heavy atom. The van der Waals surface area contributed by atoms with Crippen LogP contribution in [0.5, 0.6) is 0 Å². The van der Waals surface area contributed by atoms with Crippen molar-refractivity contribution in [1.29, 1.82) is 0 Å². The van der Waals surface area contributed by atoms with E-state index in [1.54, 1.807) is 6.07 Å². The summed E-state index contributed by atoms with van der Waals surface area (Å²) < 4.78 is 0. The molecule has 1 aromatic carbocycles. The lowest BCUT2D eigenvalue weighted by atomic mass is 10.0.